The second-order valence-corrected chi connectivity index (χ2v) is 11.6. The summed E-state index contributed by atoms with van der Waals surface area (Å²) in [5.74, 6) is -0.370. The van der Waals surface area contributed by atoms with Crippen LogP contribution in [0.2, 0.25) is 0 Å². The van der Waals surface area contributed by atoms with Gasteiger partial charge in [0.2, 0.25) is 10.8 Å². The summed E-state index contributed by atoms with van der Waals surface area (Å²) in [6.45, 7) is 15.6. The van der Waals surface area contributed by atoms with E-state index in [1.807, 2.05) is 6.07 Å². The number of hydrogen-bond donors (Lipinski definition) is 0. The van der Waals surface area contributed by atoms with Gasteiger partial charge in [-0.3, -0.25) is 4.79 Å². The molecule has 3 aromatic rings. The van der Waals surface area contributed by atoms with Crippen LogP contribution in [0.1, 0.15) is 36.8 Å². The van der Waals surface area contributed by atoms with Gasteiger partial charge < -0.3 is 23.7 Å². The molecule has 0 spiro atoms. The quantitative estimate of drug-likeness (QED) is 0.0217. The van der Waals surface area contributed by atoms with Crippen LogP contribution in [-0.2, 0) is 28.7 Å². The Balaban J connectivity index is 1.47. The Morgan fingerprint density at radius 2 is 1.15 bits per heavy atom. The first-order valence-electron chi connectivity index (χ1n) is 16.0. The van der Waals surface area contributed by atoms with Crippen molar-refractivity contribution in [1.29, 1.82) is 5.26 Å². The first kappa shape index (κ1) is 40.1. The summed E-state index contributed by atoms with van der Waals surface area (Å²) in [5.41, 5.74) is 0.948. The predicted molar refractivity (Wildman–Crippen MR) is 196 cm³/mol. The smallest absolute Gasteiger partial charge is 0.354 e. The summed E-state index contributed by atoms with van der Waals surface area (Å²) < 4.78 is 26.6. The van der Waals surface area contributed by atoms with E-state index in [1.165, 1.54) is 24.3 Å². The molecule has 0 N–H and O–H groups in total. The summed E-state index contributed by atoms with van der Waals surface area (Å²) in [6.07, 6.45) is 7.78. The van der Waals surface area contributed by atoms with Gasteiger partial charge in [0, 0.05) is 17.0 Å². The lowest BCUT2D eigenvalue weighted by molar-refractivity contribution is -0.138. The van der Waals surface area contributed by atoms with E-state index in [4.69, 9.17) is 30.3 Å². The van der Waals surface area contributed by atoms with E-state index in [9.17, 15) is 24.4 Å². The molecule has 0 aliphatic rings. The van der Waals surface area contributed by atoms with E-state index in [0.29, 0.717) is 73.0 Å². The summed E-state index contributed by atoms with van der Waals surface area (Å²) in [6, 6.07) is 21.7. The molecule has 266 valence electrons. The zero-order chi connectivity index (χ0) is 37.6. The topological polar surface area (TPSA) is 143 Å². The van der Waals surface area contributed by atoms with Gasteiger partial charge >= 0.3 is 17.9 Å². The minimum atomic E-state index is -0.849. The van der Waals surface area contributed by atoms with Crippen LogP contribution in [0.4, 0.5) is 0 Å². The zero-order valence-electron chi connectivity index (χ0n) is 28.3. The fourth-order valence-electron chi connectivity index (χ4n) is 4.07. The van der Waals surface area contributed by atoms with Crippen molar-refractivity contribution in [3.05, 3.63) is 132 Å². The highest BCUT2D eigenvalue weighted by atomic mass is 32.2. The number of benzene rings is 3. The lowest BCUT2D eigenvalue weighted by Crippen LogP contribution is -2.10. The van der Waals surface area contributed by atoms with E-state index < -0.39 is 23.0 Å². The Kier molecular flexibility index (Phi) is 17.2. The van der Waals surface area contributed by atoms with Crippen LogP contribution in [-0.4, -0.2) is 49.5 Å². The molecule has 0 fully saturated rings. The van der Waals surface area contributed by atoms with Crippen molar-refractivity contribution in [1.82, 2.24) is 0 Å². The van der Waals surface area contributed by atoms with Gasteiger partial charge in [0.15, 0.2) is 0 Å². The van der Waals surface area contributed by atoms with E-state index in [0.717, 1.165) is 23.9 Å². The van der Waals surface area contributed by atoms with Crippen molar-refractivity contribution in [2.75, 3.05) is 26.4 Å². The number of nitrogens with zero attached hydrogens (tertiary/aromatic N) is 2. The zero-order valence-corrected chi connectivity index (χ0v) is 29.1. The molecule has 0 aromatic heterocycles. The maximum atomic E-state index is 12.9. The molecule has 12 heteroatoms. The second-order valence-electron chi connectivity index (χ2n) is 10.6. The molecule has 11 nitrogen and oxygen atoms in total. The Bertz CT molecular complexity index is 1710. The monoisotopic (exact) mass is 720 g/mol. The molecule has 0 saturated heterocycles. The van der Waals surface area contributed by atoms with Crippen molar-refractivity contribution < 1.29 is 42.9 Å². The molecule has 0 heterocycles. The fourth-order valence-corrected chi connectivity index (χ4v) is 4.76. The summed E-state index contributed by atoms with van der Waals surface area (Å²) >= 11 is 0.853. The number of rotatable bonds is 20. The highest BCUT2D eigenvalue weighted by Gasteiger charge is 2.15. The standard InChI is InChI=1S/C40H36N2O9S/c1-4-37(43)49-24-8-6-22-47-32-14-10-29(11-15-32)26-31(28-41)39(45)51-34-18-20-35(21-19-34)52-40(46)36(42-3)27-30-12-16-33(17-13-30)48-23-7-9-25-50-38(44)5-2/h4-5,10-21,26-27H,1-2,6-9,22-25H2/b31-26+,36-27-. The van der Waals surface area contributed by atoms with Crippen LogP contribution in [0.5, 0.6) is 17.2 Å². The number of unbranched alkanes of at least 4 members (excludes halogenated alkanes) is 2. The van der Waals surface area contributed by atoms with E-state index in [2.05, 4.69) is 18.0 Å². The van der Waals surface area contributed by atoms with Crippen LogP contribution in [0, 0.1) is 17.9 Å². The number of ether oxygens (including phenoxy) is 5. The number of esters is 3. The molecule has 0 unspecified atom stereocenters. The number of hydrogen-bond acceptors (Lipinski definition) is 11. The van der Waals surface area contributed by atoms with Crippen LogP contribution in [0.3, 0.4) is 0 Å². The van der Waals surface area contributed by atoms with Gasteiger partial charge in [0.05, 0.1) is 33.0 Å². The third-order valence-electron chi connectivity index (χ3n) is 6.73. The minimum Gasteiger partial charge on any atom is -0.494 e. The van der Waals surface area contributed by atoms with Gasteiger partial charge in [-0.15, -0.1) is 0 Å². The molecule has 0 saturated carbocycles. The Labute approximate surface area is 306 Å². The molecule has 0 aliphatic carbocycles. The Morgan fingerprint density at radius 1 is 0.692 bits per heavy atom. The Morgan fingerprint density at radius 3 is 1.62 bits per heavy atom. The first-order chi connectivity index (χ1) is 25.2. The highest BCUT2D eigenvalue weighted by Crippen LogP contribution is 2.27. The van der Waals surface area contributed by atoms with E-state index in [-0.39, 0.29) is 23.6 Å². The molecule has 0 amide bonds. The fraction of sp³-hybridized carbons (Fsp3) is 0.200. The molecule has 0 atom stereocenters. The van der Waals surface area contributed by atoms with Crippen molar-refractivity contribution in [2.24, 2.45) is 0 Å². The second kappa shape index (κ2) is 22.4. The maximum Gasteiger partial charge on any atom is 0.354 e. The van der Waals surface area contributed by atoms with Crippen LogP contribution in [0.25, 0.3) is 17.0 Å². The molecule has 52 heavy (non-hydrogen) atoms. The first-order valence-corrected chi connectivity index (χ1v) is 16.9. The van der Waals surface area contributed by atoms with Crippen LogP contribution in [0.15, 0.2) is 114 Å². The van der Waals surface area contributed by atoms with Crippen LogP contribution < -0.4 is 14.2 Å². The summed E-state index contributed by atoms with van der Waals surface area (Å²) in [4.78, 5) is 51.6. The lowest BCUT2D eigenvalue weighted by Gasteiger charge is -2.07. The van der Waals surface area contributed by atoms with Crippen molar-refractivity contribution in [3.8, 4) is 23.3 Å². The normalized spacial score (nSPS) is 10.9. The van der Waals surface area contributed by atoms with Gasteiger partial charge in [-0.2, -0.15) is 5.26 Å². The maximum absolute atomic E-state index is 12.9. The van der Waals surface area contributed by atoms with Gasteiger partial charge in [-0.05, 0) is 97.5 Å². The lowest BCUT2D eigenvalue weighted by atomic mass is 10.1. The minimum absolute atomic E-state index is 0.0737. The summed E-state index contributed by atoms with van der Waals surface area (Å²) in [7, 11) is 0. The van der Waals surface area contributed by atoms with E-state index >= 15 is 0 Å². The highest BCUT2D eigenvalue weighted by molar-refractivity contribution is 8.14. The molecular formula is C40H36N2O9S. The van der Waals surface area contributed by atoms with Gasteiger partial charge in [-0.1, -0.05) is 49.2 Å². The number of nitriles is 1. The van der Waals surface area contributed by atoms with Gasteiger partial charge in [-0.25, -0.2) is 19.2 Å². The number of carbonyl (C=O) groups is 4. The average molecular weight is 721 g/mol. The molecule has 3 aromatic carbocycles. The third-order valence-corrected chi connectivity index (χ3v) is 7.63. The number of thioether (sulfide) groups is 1. The molecular weight excluding hydrogens is 685 g/mol. The van der Waals surface area contributed by atoms with Crippen molar-refractivity contribution in [3.63, 3.8) is 0 Å². The molecule has 0 bridgehead atoms. The predicted octanol–water partition coefficient (Wildman–Crippen LogP) is 7.55. The third kappa shape index (κ3) is 14.6. The SMILES string of the molecule is [C-]#[N+]/C(=C\c1ccc(OCCCCOC(=O)C=C)cc1)C(=O)Sc1ccc(OC(=O)/C(C#N)=C/c2ccc(OCCCCOC(=O)C=C)cc2)cc1. The number of carbonyl (C=O) groups excluding carboxylic acids is 4. The van der Waals surface area contributed by atoms with Gasteiger partial charge in [0.1, 0.15) is 28.9 Å². The molecule has 0 radical (unpaired) electrons. The van der Waals surface area contributed by atoms with Crippen LogP contribution >= 0.6 is 11.8 Å². The Hall–Kier alpha value is -6.37. The largest absolute Gasteiger partial charge is 0.494 e. The van der Waals surface area contributed by atoms with Crippen molar-refractivity contribution >= 4 is 46.9 Å². The average Bonchev–Trinajstić information content (AvgIpc) is 3.16. The summed E-state index contributed by atoms with van der Waals surface area (Å²) in [5, 5.41) is 9.11. The van der Waals surface area contributed by atoms with E-state index in [1.54, 1.807) is 60.7 Å². The van der Waals surface area contributed by atoms with Crippen molar-refractivity contribution in [2.45, 2.75) is 30.6 Å². The molecule has 0 aliphatic heterocycles. The van der Waals surface area contributed by atoms with Gasteiger partial charge in [0.25, 0.3) is 0 Å². The molecule has 3 rings (SSSR count).